The SMILES string of the molecule is CON1C(C)(C)CC(N=NC2CC(C)(C)N(OC)C(C)(C)C2)CC1(C)C. The molecule has 2 saturated heterocycles. The molecule has 0 aromatic carbocycles. The van der Waals surface area contributed by atoms with Crippen molar-refractivity contribution in [3.8, 4) is 0 Å². The highest BCUT2D eigenvalue weighted by molar-refractivity contribution is 5.01. The van der Waals surface area contributed by atoms with E-state index >= 15 is 0 Å². The van der Waals surface area contributed by atoms with Crippen LogP contribution in [-0.2, 0) is 9.68 Å². The maximum absolute atomic E-state index is 5.68. The molecule has 2 aliphatic heterocycles. The van der Waals surface area contributed by atoms with E-state index in [1.165, 1.54) is 0 Å². The summed E-state index contributed by atoms with van der Waals surface area (Å²) in [5.41, 5.74) is -0.230. The highest BCUT2D eigenvalue weighted by Crippen LogP contribution is 2.42. The summed E-state index contributed by atoms with van der Waals surface area (Å²) in [7, 11) is 3.53. The van der Waals surface area contributed by atoms with Crippen LogP contribution in [0, 0.1) is 0 Å². The van der Waals surface area contributed by atoms with Gasteiger partial charge in [-0.3, -0.25) is 0 Å². The van der Waals surface area contributed by atoms with Gasteiger partial charge in [-0.1, -0.05) is 0 Å². The first-order valence-corrected chi connectivity index (χ1v) is 9.84. The molecule has 0 atom stereocenters. The van der Waals surface area contributed by atoms with Gasteiger partial charge in [-0.25, -0.2) is 0 Å². The molecule has 152 valence electrons. The van der Waals surface area contributed by atoms with E-state index in [-0.39, 0.29) is 34.2 Å². The second kappa shape index (κ2) is 7.12. The van der Waals surface area contributed by atoms with Crippen molar-refractivity contribution in [2.45, 2.75) is 115 Å². The maximum atomic E-state index is 5.68. The molecule has 2 heterocycles. The van der Waals surface area contributed by atoms with Gasteiger partial charge < -0.3 is 9.68 Å². The Balaban J connectivity index is 2.13. The van der Waals surface area contributed by atoms with Crippen LogP contribution in [0.3, 0.4) is 0 Å². The quantitative estimate of drug-likeness (QED) is 0.680. The highest BCUT2D eigenvalue weighted by Gasteiger charge is 2.48. The molecule has 6 heteroatoms. The van der Waals surface area contributed by atoms with Crippen LogP contribution in [0.25, 0.3) is 0 Å². The van der Waals surface area contributed by atoms with Gasteiger partial charge >= 0.3 is 0 Å². The normalized spacial score (nSPS) is 30.1. The predicted molar refractivity (Wildman–Crippen MR) is 105 cm³/mol. The molecule has 0 radical (unpaired) electrons. The van der Waals surface area contributed by atoms with Crippen molar-refractivity contribution in [1.82, 2.24) is 10.1 Å². The third-order valence-corrected chi connectivity index (χ3v) is 5.90. The van der Waals surface area contributed by atoms with E-state index in [0.717, 1.165) is 25.7 Å². The van der Waals surface area contributed by atoms with Crippen molar-refractivity contribution in [2.24, 2.45) is 10.2 Å². The molecule has 0 bridgehead atoms. The molecule has 2 aliphatic rings. The molecule has 0 saturated carbocycles. The molecular formula is C20H40N4O2. The summed E-state index contributed by atoms with van der Waals surface area (Å²) < 4.78 is 0. The fraction of sp³-hybridized carbons (Fsp3) is 1.00. The van der Waals surface area contributed by atoms with Crippen LogP contribution in [0.2, 0.25) is 0 Å². The summed E-state index contributed by atoms with van der Waals surface area (Å²) in [5, 5.41) is 13.9. The number of azo groups is 1. The topological polar surface area (TPSA) is 49.7 Å². The summed E-state index contributed by atoms with van der Waals surface area (Å²) in [5.74, 6) is 0. The summed E-state index contributed by atoms with van der Waals surface area (Å²) >= 11 is 0. The number of hydroxylamine groups is 4. The van der Waals surface area contributed by atoms with Crippen molar-refractivity contribution < 1.29 is 9.68 Å². The molecule has 2 rings (SSSR count). The van der Waals surface area contributed by atoms with Crippen LogP contribution in [0.5, 0.6) is 0 Å². The zero-order valence-corrected chi connectivity index (χ0v) is 18.6. The summed E-state index contributed by atoms with van der Waals surface area (Å²) in [6.07, 6.45) is 3.82. The summed E-state index contributed by atoms with van der Waals surface area (Å²) in [4.78, 5) is 11.4. The Morgan fingerprint density at radius 1 is 0.577 bits per heavy atom. The molecule has 0 amide bonds. The van der Waals surface area contributed by atoms with Gasteiger partial charge in [0.1, 0.15) is 0 Å². The second-order valence-corrected chi connectivity index (χ2v) is 10.6. The Hall–Kier alpha value is -0.560. The zero-order chi connectivity index (χ0) is 20.0. The van der Waals surface area contributed by atoms with Gasteiger partial charge in [0.05, 0.1) is 26.3 Å². The monoisotopic (exact) mass is 368 g/mol. The van der Waals surface area contributed by atoms with E-state index in [9.17, 15) is 0 Å². The lowest BCUT2D eigenvalue weighted by Gasteiger charge is -2.53. The first-order chi connectivity index (χ1) is 11.7. The third-order valence-electron chi connectivity index (χ3n) is 5.90. The highest BCUT2D eigenvalue weighted by atomic mass is 16.7. The number of nitrogens with zero attached hydrogens (tertiary/aromatic N) is 4. The minimum absolute atomic E-state index is 0.0574. The second-order valence-electron chi connectivity index (χ2n) is 10.6. The molecule has 0 aromatic rings. The van der Waals surface area contributed by atoms with E-state index in [1.807, 2.05) is 0 Å². The van der Waals surface area contributed by atoms with Crippen molar-refractivity contribution in [3.63, 3.8) is 0 Å². The van der Waals surface area contributed by atoms with Gasteiger partial charge in [-0.2, -0.15) is 20.4 Å². The van der Waals surface area contributed by atoms with Gasteiger partial charge in [-0.05, 0) is 81.1 Å². The van der Waals surface area contributed by atoms with Crippen LogP contribution in [0.15, 0.2) is 10.2 Å². The Bertz CT molecular complexity index is 446. The minimum Gasteiger partial charge on any atom is -0.301 e. The molecule has 26 heavy (non-hydrogen) atoms. The lowest BCUT2D eigenvalue weighted by Crippen LogP contribution is -2.61. The van der Waals surface area contributed by atoms with Crippen molar-refractivity contribution in [3.05, 3.63) is 0 Å². The third kappa shape index (κ3) is 4.29. The smallest absolute Gasteiger partial charge is 0.0745 e. The van der Waals surface area contributed by atoms with Crippen LogP contribution >= 0.6 is 0 Å². The van der Waals surface area contributed by atoms with Crippen LogP contribution in [0.4, 0.5) is 0 Å². The minimum atomic E-state index is -0.0574. The molecule has 2 fully saturated rings. The Labute approximate surface area is 160 Å². The van der Waals surface area contributed by atoms with E-state index in [0.29, 0.717) is 0 Å². The van der Waals surface area contributed by atoms with Crippen molar-refractivity contribution in [2.75, 3.05) is 14.2 Å². The van der Waals surface area contributed by atoms with Crippen LogP contribution in [0.1, 0.15) is 81.1 Å². The average Bonchev–Trinajstić information content (AvgIpc) is 2.40. The first-order valence-electron chi connectivity index (χ1n) is 9.84. The maximum Gasteiger partial charge on any atom is 0.0745 e. The van der Waals surface area contributed by atoms with E-state index in [2.05, 4.69) is 65.5 Å². The van der Waals surface area contributed by atoms with Crippen LogP contribution in [-0.4, -0.2) is 58.6 Å². The molecule has 6 nitrogen and oxygen atoms in total. The van der Waals surface area contributed by atoms with Gasteiger partial charge in [0.15, 0.2) is 0 Å². The molecular weight excluding hydrogens is 328 g/mol. The molecule has 0 N–H and O–H groups in total. The first kappa shape index (κ1) is 21.7. The fourth-order valence-corrected chi connectivity index (χ4v) is 5.76. The number of rotatable bonds is 4. The standard InChI is InChI=1S/C20H40N4O2/c1-17(2)11-15(12-18(3,4)23(17)25-9)21-22-16-13-19(5,6)24(26-10)20(7,8)14-16/h15-16H,11-14H2,1-10H3. The fourth-order valence-electron chi connectivity index (χ4n) is 5.76. The van der Waals surface area contributed by atoms with Gasteiger partial charge in [0, 0.05) is 22.2 Å². The number of hydrogen-bond acceptors (Lipinski definition) is 6. The van der Waals surface area contributed by atoms with Crippen molar-refractivity contribution >= 4 is 0 Å². The zero-order valence-electron chi connectivity index (χ0n) is 18.6. The molecule has 0 aliphatic carbocycles. The number of piperidine rings is 2. The Morgan fingerprint density at radius 2 is 0.808 bits per heavy atom. The van der Waals surface area contributed by atoms with Gasteiger partial charge in [0.25, 0.3) is 0 Å². The Kier molecular flexibility index (Phi) is 5.95. The van der Waals surface area contributed by atoms with Gasteiger partial charge in [0.2, 0.25) is 0 Å². The summed E-state index contributed by atoms with van der Waals surface area (Å²) in [6, 6.07) is 0.469. The predicted octanol–water partition coefficient (Wildman–Crippen LogP) is 4.60. The summed E-state index contributed by atoms with van der Waals surface area (Å²) in [6.45, 7) is 17.8. The lowest BCUT2D eigenvalue weighted by molar-refractivity contribution is -0.267. The Morgan fingerprint density at radius 3 is 1.00 bits per heavy atom. The molecule has 0 spiro atoms. The van der Waals surface area contributed by atoms with E-state index < -0.39 is 0 Å². The molecule has 0 unspecified atom stereocenters. The lowest BCUT2D eigenvalue weighted by atomic mass is 9.79. The van der Waals surface area contributed by atoms with Gasteiger partial charge in [-0.15, -0.1) is 0 Å². The van der Waals surface area contributed by atoms with Crippen LogP contribution < -0.4 is 0 Å². The number of hydrogen-bond donors (Lipinski definition) is 0. The molecule has 0 aromatic heterocycles. The largest absolute Gasteiger partial charge is 0.301 e. The van der Waals surface area contributed by atoms with Crippen molar-refractivity contribution in [1.29, 1.82) is 0 Å². The van der Waals surface area contributed by atoms with E-state index in [4.69, 9.17) is 19.9 Å². The average molecular weight is 369 g/mol. The van der Waals surface area contributed by atoms with E-state index in [1.54, 1.807) is 14.2 Å².